The minimum absolute atomic E-state index is 0.0929. The van der Waals surface area contributed by atoms with E-state index >= 15 is 0 Å². The normalized spacial score (nSPS) is 22.1. The van der Waals surface area contributed by atoms with E-state index < -0.39 is 0 Å². The number of nitrogens with zero attached hydrogens (tertiary/aromatic N) is 2. The highest BCUT2D eigenvalue weighted by Crippen LogP contribution is 2.25. The molecule has 25 heavy (non-hydrogen) atoms. The largest absolute Gasteiger partial charge is 0.469 e. The number of carbonyl (C=O) groups is 1. The fourth-order valence-corrected chi connectivity index (χ4v) is 3.61. The molecule has 1 heterocycles. The highest BCUT2D eigenvalue weighted by atomic mass is 16.5. The van der Waals surface area contributed by atoms with Gasteiger partial charge in [-0.3, -0.25) is 9.69 Å². The maximum absolute atomic E-state index is 11.5. The summed E-state index contributed by atoms with van der Waals surface area (Å²) < 4.78 is 4.82. The van der Waals surface area contributed by atoms with Crippen molar-refractivity contribution in [3.05, 3.63) is 23.3 Å². The van der Waals surface area contributed by atoms with E-state index in [-0.39, 0.29) is 5.97 Å². The quantitative estimate of drug-likeness (QED) is 0.467. The molecule has 1 fully saturated rings. The number of carbonyl (C=O) groups excluding carboxylic acids is 1. The average Bonchev–Trinajstić information content (AvgIpc) is 2.57. The van der Waals surface area contributed by atoms with Gasteiger partial charge in [-0.15, -0.1) is 0 Å². The van der Waals surface area contributed by atoms with E-state index in [0.717, 1.165) is 38.9 Å². The fraction of sp³-hybridized carbons (Fsp3) is 0.762. The summed E-state index contributed by atoms with van der Waals surface area (Å²) in [6, 6.07) is 0.559. The standard InChI is InChI=1S/C21H38N2O2/c1-17(2)8-7-9-18(3)12-14-23-15-13-20(22(4)5)19(16-23)10-11-21(24)25-6/h8,12,19-20H,7,9-11,13-16H2,1-6H3/b18-12+/t19-,20+/m0/s1. The van der Waals surface area contributed by atoms with Crippen LogP contribution in [-0.2, 0) is 9.53 Å². The molecular formula is C21H38N2O2. The zero-order valence-corrected chi connectivity index (χ0v) is 17.2. The number of esters is 1. The van der Waals surface area contributed by atoms with Crippen LogP contribution in [0, 0.1) is 5.92 Å². The van der Waals surface area contributed by atoms with Crippen molar-refractivity contribution in [1.29, 1.82) is 0 Å². The van der Waals surface area contributed by atoms with Gasteiger partial charge >= 0.3 is 5.97 Å². The Morgan fingerprint density at radius 2 is 1.92 bits per heavy atom. The minimum atomic E-state index is -0.0929. The van der Waals surface area contributed by atoms with Crippen LogP contribution in [0.4, 0.5) is 0 Å². The lowest BCUT2D eigenvalue weighted by Gasteiger charge is -2.41. The number of methoxy groups -OCH3 is 1. The van der Waals surface area contributed by atoms with E-state index in [9.17, 15) is 4.79 Å². The van der Waals surface area contributed by atoms with Crippen molar-refractivity contribution in [3.63, 3.8) is 0 Å². The lowest BCUT2D eigenvalue weighted by Crippen LogP contribution is -2.49. The molecule has 0 aromatic heterocycles. The van der Waals surface area contributed by atoms with Crippen molar-refractivity contribution in [2.24, 2.45) is 5.92 Å². The van der Waals surface area contributed by atoms with Crippen LogP contribution in [0.15, 0.2) is 23.3 Å². The van der Waals surface area contributed by atoms with E-state index in [4.69, 9.17) is 4.74 Å². The van der Waals surface area contributed by atoms with Crippen molar-refractivity contribution < 1.29 is 9.53 Å². The molecule has 4 nitrogen and oxygen atoms in total. The number of allylic oxidation sites excluding steroid dienone is 3. The molecule has 0 unspecified atom stereocenters. The Bertz CT molecular complexity index is 465. The number of piperidine rings is 1. The Hall–Kier alpha value is -1.13. The lowest BCUT2D eigenvalue weighted by molar-refractivity contribution is -0.141. The van der Waals surface area contributed by atoms with E-state index in [2.05, 4.69) is 56.8 Å². The number of rotatable bonds is 9. The molecule has 1 aliphatic heterocycles. The van der Waals surface area contributed by atoms with Gasteiger partial charge in [0.15, 0.2) is 0 Å². The first kappa shape index (κ1) is 21.9. The summed E-state index contributed by atoms with van der Waals surface area (Å²) in [4.78, 5) is 16.4. The van der Waals surface area contributed by atoms with E-state index in [1.807, 2.05) is 0 Å². The van der Waals surface area contributed by atoms with Crippen molar-refractivity contribution in [2.75, 3.05) is 40.8 Å². The maximum atomic E-state index is 11.5. The average molecular weight is 351 g/mol. The molecule has 0 radical (unpaired) electrons. The maximum Gasteiger partial charge on any atom is 0.305 e. The second-order valence-electron chi connectivity index (χ2n) is 7.82. The molecular weight excluding hydrogens is 312 g/mol. The Morgan fingerprint density at radius 3 is 2.52 bits per heavy atom. The molecule has 0 aliphatic carbocycles. The van der Waals surface area contributed by atoms with Gasteiger partial charge in [0.2, 0.25) is 0 Å². The van der Waals surface area contributed by atoms with Crippen LogP contribution in [0.3, 0.4) is 0 Å². The Balaban J connectivity index is 2.53. The van der Waals surface area contributed by atoms with Gasteiger partial charge in [0.05, 0.1) is 7.11 Å². The zero-order valence-electron chi connectivity index (χ0n) is 17.2. The third kappa shape index (κ3) is 8.68. The summed E-state index contributed by atoms with van der Waals surface area (Å²) in [5.41, 5.74) is 2.87. The zero-order chi connectivity index (χ0) is 18.8. The predicted octanol–water partition coefficient (Wildman–Crippen LogP) is 3.88. The van der Waals surface area contributed by atoms with Crippen molar-refractivity contribution >= 4 is 5.97 Å². The van der Waals surface area contributed by atoms with Gasteiger partial charge < -0.3 is 9.64 Å². The highest BCUT2D eigenvalue weighted by molar-refractivity contribution is 5.69. The van der Waals surface area contributed by atoms with Crippen LogP contribution in [0.2, 0.25) is 0 Å². The van der Waals surface area contributed by atoms with E-state index in [0.29, 0.717) is 18.4 Å². The Labute approximate surface area is 154 Å². The SMILES string of the molecule is COC(=O)CC[C@H]1CN(C/C=C(\C)CCC=C(C)C)CC[C@H]1N(C)C. The molecule has 144 valence electrons. The predicted molar refractivity (Wildman–Crippen MR) is 106 cm³/mol. The highest BCUT2D eigenvalue weighted by Gasteiger charge is 2.30. The summed E-state index contributed by atoms with van der Waals surface area (Å²) in [7, 11) is 5.78. The molecule has 0 aromatic carbocycles. The van der Waals surface area contributed by atoms with Gasteiger partial charge in [0, 0.05) is 25.6 Å². The van der Waals surface area contributed by atoms with Crippen molar-refractivity contribution in [1.82, 2.24) is 9.80 Å². The Kier molecular flexibility index (Phi) is 10.1. The van der Waals surface area contributed by atoms with Gasteiger partial charge in [-0.1, -0.05) is 23.3 Å². The minimum Gasteiger partial charge on any atom is -0.469 e. The van der Waals surface area contributed by atoms with Crippen molar-refractivity contribution in [3.8, 4) is 0 Å². The van der Waals surface area contributed by atoms with Gasteiger partial charge in [-0.05, 0) is 73.0 Å². The summed E-state index contributed by atoms with van der Waals surface area (Å²) in [5, 5.41) is 0. The first-order chi connectivity index (χ1) is 11.8. The van der Waals surface area contributed by atoms with Crippen LogP contribution >= 0.6 is 0 Å². The third-order valence-corrected chi connectivity index (χ3v) is 5.18. The molecule has 0 amide bonds. The van der Waals surface area contributed by atoms with E-state index in [1.54, 1.807) is 0 Å². The number of hydrogen-bond donors (Lipinski definition) is 0. The molecule has 0 spiro atoms. The van der Waals surface area contributed by atoms with Gasteiger partial charge in [-0.2, -0.15) is 0 Å². The molecule has 0 bridgehead atoms. The number of likely N-dealkylation sites (tertiary alicyclic amines) is 1. The molecule has 4 heteroatoms. The summed E-state index contributed by atoms with van der Waals surface area (Å²) in [6.07, 6.45) is 9.57. The number of hydrogen-bond acceptors (Lipinski definition) is 4. The van der Waals surface area contributed by atoms with Crippen LogP contribution < -0.4 is 0 Å². The summed E-state index contributed by atoms with van der Waals surface area (Å²) >= 11 is 0. The van der Waals surface area contributed by atoms with Gasteiger partial charge in [-0.25, -0.2) is 0 Å². The van der Waals surface area contributed by atoms with Crippen molar-refractivity contribution in [2.45, 2.75) is 58.9 Å². The monoisotopic (exact) mass is 350 g/mol. The second-order valence-corrected chi connectivity index (χ2v) is 7.82. The molecule has 1 saturated heterocycles. The van der Waals surface area contributed by atoms with Gasteiger partial charge in [0.25, 0.3) is 0 Å². The number of ether oxygens (including phenoxy) is 1. The van der Waals surface area contributed by atoms with Gasteiger partial charge in [0.1, 0.15) is 0 Å². The first-order valence-electron chi connectivity index (χ1n) is 9.58. The molecule has 0 N–H and O–H groups in total. The summed E-state index contributed by atoms with van der Waals surface area (Å²) in [6.45, 7) is 9.77. The summed E-state index contributed by atoms with van der Waals surface area (Å²) in [5.74, 6) is 0.437. The van der Waals surface area contributed by atoms with E-state index in [1.165, 1.54) is 24.7 Å². The van der Waals surface area contributed by atoms with Crippen LogP contribution in [0.1, 0.15) is 52.9 Å². The molecule has 0 aromatic rings. The molecule has 0 saturated carbocycles. The van der Waals surface area contributed by atoms with Crippen LogP contribution in [0.25, 0.3) is 0 Å². The lowest BCUT2D eigenvalue weighted by atomic mass is 9.87. The molecule has 1 rings (SSSR count). The van der Waals surface area contributed by atoms with Crippen LogP contribution in [-0.4, -0.2) is 62.7 Å². The fourth-order valence-electron chi connectivity index (χ4n) is 3.61. The smallest absolute Gasteiger partial charge is 0.305 e. The topological polar surface area (TPSA) is 32.8 Å². The third-order valence-electron chi connectivity index (χ3n) is 5.18. The molecule has 1 aliphatic rings. The molecule has 2 atom stereocenters. The van der Waals surface area contributed by atoms with Crippen LogP contribution in [0.5, 0.6) is 0 Å². The second kappa shape index (κ2) is 11.5. The first-order valence-corrected chi connectivity index (χ1v) is 9.58. The Morgan fingerprint density at radius 1 is 1.20 bits per heavy atom.